The predicted octanol–water partition coefficient (Wildman–Crippen LogP) is 6.05. The molecular formula is C24H32O5. The lowest BCUT2D eigenvalue weighted by atomic mass is 10.2. The molecule has 5 nitrogen and oxygen atoms in total. The SMILES string of the molecule is CCC=CCCOc1c(OC(C)C)c(=O)oc2c(OCCC=CCC)cccc12. The summed E-state index contributed by atoms with van der Waals surface area (Å²) < 4.78 is 23.2. The van der Waals surface area contributed by atoms with Crippen molar-refractivity contribution in [2.24, 2.45) is 0 Å². The molecule has 0 aliphatic carbocycles. The first kappa shape index (κ1) is 22.6. The molecule has 1 aromatic carbocycles. The van der Waals surface area contributed by atoms with Gasteiger partial charge in [-0.05, 0) is 51.7 Å². The van der Waals surface area contributed by atoms with E-state index < -0.39 is 5.63 Å². The van der Waals surface area contributed by atoms with Crippen molar-refractivity contribution in [3.8, 4) is 17.2 Å². The van der Waals surface area contributed by atoms with E-state index in [-0.39, 0.29) is 11.9 Å². The first-order chi connectivity index (χ1) is 14.1. The van der Waals surface area contributed by atoms with Gasteiger partial charge in [-0.25, -0.2) is 4.79 Å². The second kappa shape index (κ2) is 12.0. The van der Waals surface area contributed by atoms with Crippen molar-refractivity contribution < 1.29 is 18.6 Å². The number of hydrogen-bond donors (Lipinski definition) is 0. The Morgan fingerprint density at radius 1 is 0.931 bits per heavy atom. The first-order valence-electron chi connectivity index (χ1n) is 10.4. The highest BCUT2D eigenvalue weighted by molar-refractivity contribution is 5.89. The minimum absolute atomic E-state index is 0.106. The summed E-state index contributed by atoms with van der Waals surface area (Å²) in [4.78, 5) is 12.6. The maximum Gasteiger partial charge on any atom is 0.383 e. The Morgan fingerprint density at radius 2 is 1.59 bits per heavy atom. The minimum atomic E-state index is -0.563. The van der Waals surface area contributed by atoms with Gasteiger partial charge in [0.05, 0.1) is 24.7 Å². The van der Waals surface area contributed by atoms with Crippen LogP contribution >= 0.6 is 0 Å². The average molecular weight is 401 g/mol. The first-order valence-corrected chi connectivity index (χ1v) is 10.4. The molecule has 0 saturated heterocycles. The highest BCUT2D eigenvalue weighted by atomic mass is 16.5. The smallest absolute Gasteiger partial charge is 0.383 e. The second-order valence-corrected chi connectivity index (χ2v) is 6.88. The van der Waals surface area contributed by atoms with Gasteiger partial charge in [0.2, 0.25) is 5.75 Å². The monoisotopic (exact) mass is 400 g/mol. The third kappa shape index (κ3) is 6.70. The molecule has 0 atom stereocenters. The third-order valence-electron chi connectivity index (χ3n) is 4.04. The molecular weight excluding hydrogens is 368 g/mol. The quantitative estimate of drug-likeness (QED) is 0.247. The number of ether oxygens (including phenoxy) is 3. The largest absolute Gasteiger partial charge is 0.489 e. The van der Waals surface area contributed by atoms with Crippen LogP contribution < -0.4 is 19.8 Å². The maximum atomic E-state index is 12.6. The third-order valence-corrected chi connectivity index (χ3v) is 4.04. The Morgan fingerprint density at radius 3 is 2.21 bits per heavy atom. The Hall–Kier alpha value is -2.69. The molecule has 0 radical (unpaired) electrons. The zero-order valence-corrected chi connectivity index (χ0v) is 17.9. The van der Waals surface area contributed by atoms with Crippen LogP contribution in [0.4, 0.5) is 0 Å². The topological polar surface area (TPSA) is 57.9 Å². The zero-order chi connectivity index (χ0) is 21.1. The Kier molecular flexibility index (Phi) is 9.35. The lowest BCUT2D eigenvalue weighted by Crippen LogP contribution is -2.15. The number of rotatable bonds is 12. The van der Waals surface area contributed by atoms with Gasteiger partial charge in [0.1, 0.15) is 0 Å². The van der Waals surface area contributed by atoms with E-state index in [2.05, 4.69) is 38.2 Å². The number of benzene rings is 1. The van der Waals surface area contributed by atoms with Crippen molar-refractivity contribution >= 4 is 11.0 Å². The number of hydrogen-bond acceptors (Lipinski definition) is 5. The van der Waals surface area contributed by atoms with Crippen LogP contribution in [0.5, 0.6) is 17.2 Å². The second-order valence-electron chi connectivity index (χ2n) is 6.88. The van der Waals surface area contributed by atoms with Crippen LogP contribution in [0.15, 0.2) is 51.7 Å². The summed E-state index contributed by atoms with van der Waals surface area (Å²) in [6.07, 6.45) is 11.7. The maximum absolute atomic E-state index is 12.6. The Balaban J connectivity index is 2.37. The van der Waals surface area contributed by atoms with Crippen LogP contribution in [0.2, 0.25) is 0 Å². The van der Waals surface area contributed by atoms with Gasteiger partial charge in [0, 0.05) is 0 Å². The molecule has 0 bridgehead atoms. The molecule has 29 heavy (non-hydrogen) atoms. The van der Waals surface area contributed by atoms with Crippen LogP contribution in [0.3, 0.4) is 0 Å². The molecule has 2 aromatic rings. The zero-order valence-electron chi connectivity index (χ0n) is 17.9. The Bertz CT molecular complexity index is 877. The summed E-state index contributed by atoms with van der Waals surface area (Å²) in [5.74, 6) is 1.04. The molecule has 0 fully saturated rings. The molecule has 0 unspecified atom stereocenters. The fourth-order valence-corrected chi connectivity index (χ4v) is 2.78. The van der Waals surface area contributed by atoms with E-state index in [9.17, 15) is 4.79 Å². The average Bonchev–Trinajstić information content (AvgIpc) is 2.69. The van der Waals surface area contributed by atoms with Crippen molar-refractivity contribution in [3.63, 3.8) is 0 Å². The van der Waals surface area contributed by atoms with Crippen molar-refractivity contribution in [1.29, 1.82) is 0 Å². The van der Waals surface area contributed by atoms with Crippen LogP contribution in [0, 0.1) is 0 Å². The van der Waals surface area contributed by atoms with E-state index >= 15 is 0 Å². The van der Waals surface area contributed by atoms with Crippen molar-refractivity contribution in [3.05, 3.63) is 52.9 Å². The van der Waals surface area contributed by atoms with Crippen molar-refractivity contribution in [1.82, 2.24) is 0 Å². The summed E-state index contributed by atoms with van der Waals surface area (Å²) in [5, 5.41) is 0.668. The van der Waals surface area contributed by atoms with E-state index in [0.29, 0.717) is 35.7 Å². The van der Waals surface area contributed by atoms with Crippen LogP contribution in [-0.2, 0) is 0 Å². The molecule has 0 aliphatic heterocycles. The molecule has 2 rings (SSSR count). The van der Waals surface area contributed by atoms with E-state index in [1.165, 1.54) is 0 Å². The molecule has 1 aromatic heterocycles. The number of allylic oxidation sites excluding steroid dienone is 2. The van der Waals surface area contributed by atoms with Gasteiger partial charge >= 0.3 is 5.63 Å². The highest BCUT2D eigenvalue weighted by Gasteiger charge is 2.21. The molecule has 0 spiro atoms. The fourth-order valence-electron chi connectivity index (χ4n) is 2.78. The minimum Gasteiger partial charge on any atom is -0.489 e. The van der Waals surface area contributed by atoms with Gasteiger partial charge < -0.3 is 18.6 Å². The standard InChI is InChI=1S/C24H32O5/c1-5-7-9-11-16-26-20-15-13-14-19-21(20)29-24(25)23(28-18(3)4)22(19)27-17-12-10-8-6-2/h7-10,13-15,18H,5-6,11-12,16-17H2,1-4H3. The molecule has 158 valence electrons. The van der Waals surface area contributed by atoms with Gasteiger partial charge in [0.25, 0.3) is 0 Å². The van der Waals surface area contributed by atoms with Crippen molar-refractivity contribution in [2.75, 3.05) is 13.2 Å². The van der Waals surface area contributed by atoms with E-state index in [1.54, 1.807) is 6.07 Å². The molecule has 5 heteroatoms. The Labute approximate surface area is 173 Å². The van der Waals surface area contributed by atoms with Gasteiger partial charge in [0.15, 0.2) is 17.1 Å². The van der Waals surface area contributed by atoms with E-state index in [4.69, 9.17) is 18.6 Å². The van der Waals surface area contributed by atoms with E-state index in [1.807, 2.05) is 26.0 Å². The van der Waals surface area contributed by atoms with Gasteiger partial charge in [-0.15, -0.1) is 0 Å². The molecule has 0 amide bonds. The summed E-state index contributed by atoms with van der Waals surface area (Å²) in [6.45, 7) is 8.84. The summed E-state index contributed by atoms with van der Waals surface area (Å²) in [5.41, 5.74) is -0.181. The fraction of sp³-hybridized carbons (Fsp3) is 0.458. The predicted molar refractivity (Wildman–Crippen MR) is 117 cm³/mol. The van der Waals surface area contributed by atoms with Gasteiger partial charge in [-0.3, -0.25) is 0 Å². The molecule has 0 saturated carbocycles. The number of fused-ring (bicyclic) bond motifs is 1. The number of para-hydroxylation sites is 1. The van der Waals surface area contributed by atoms with E-state index in [0.717, 1.165) is 25.7 Å². The van der Waals surface area contributed by atoms with Crippen LogP contribution in [0.1, 0.15) is 53.4 Å². The molecule has 0 aliphatic rings. The highest BCUT2D eigenvalue weighted by Crippen LogP contribution is 2.37. The lowest BCUT2D eigenvalue weighted by Gasteiger charge is -2.16. The van der Waals surface area contributed by atoms with Crippen LogP contribution in [-0.4, -0.2) is 19.3 Å². The summed E-state index contributed by atoms with van der Waals surface area (Å²) in [7, 11) is 0. The normalized spacial score (nSPS) is 11.8. The summed E-state index contributed by atoms with van der Waals surface area (Å²) >= 11 is 0. The van der Waals surface area contributed by atoms with Gasteiger partial charge in [-0.2, -0.15) is 0 Å². The lowest BCUT2D eigenvalue weighted by molar-refractivity contribution is 0.212. The van der Waals surface area contributed by atoms with Crippen LogP contribution in [0.25, 0.3) is 11.0 Å². The summed E-state index contributed by atoms with van der Waals surface area (Å²) in [6, 6.07) is 5.51. The molecule has 1 heterocycles. The van der Waals surface area contributed by atoms with Gasteiger partial charge in [-0.1, -0.05) is 44.2 Å². The van der Waals surface area contributed by atoms with Crippen molar-refractivity contribution in [2.45, 2.75) is 59.5 Å². The molecule has 0 N–H and O–H groups in total.